The minimum Gasteiger partial charge on any atom is -0.302 e. The number of likely N-dealkylation sites (N-methyl/N-ethyl adjacent to an activating group) is 1. The van der Waals surface area contributed by atoms with E-state index in [-0.39, 0.29) is 5.91 Å². The van der Waals surface area contributed by atoms with Gasteiger partial charge >= 0.3 is 0 Å². The van der Waals surface area contributed by atoms with Gasteiger partial charge in [-0.25, -0.2) is 4.98 Å². The van der Waals surface area contributed by atoms with Crippen molar-refractivity contribution >= 4 is 39.7 Å². The summed E-state index contributed by atoms with van der Waals surface area (Å²) >= 11 is 7.64. The van der Waals surface area contributed by atoms with Crippen LogP contribution in [0.1, 0.15) is 38.3 Å². The zero-order valence-corrected chi connectivity index (χ0v) is 18.0. The second-order valence-electron chi connectivity index (χ2n) is 7.83. The number of anilines is 2. The van der Waals surface area contributed by atoms with E-state index >= 15 is 0 Å². The molecule has 0 aliphatic carbocycles. The van der Waals surface area contributed by atoms with E-state index in [0.29, 0.717) is 22.2 Å². The van der Waals surface area contributed by atoms with Crippen LogP contribution in [-0.4, -0.2) is 52.9 Å². The molecule has 28 heavy (non-hydrogen) atoms. The molecule has 1 aromatic carbocycles. The van der Waals surface area contributed by atoms with Crippen LogP contribution < -0.4 is 4.90 Å². The third-order valence-electron chi connectivity index (χ3n) is 5.91. The van der Waals surface area contributed by atoms with E-state index in [0.717, 1.165) is 24.5 Å². The zero-order valence-electron chi connectivity index (χ0n) is 16.5. The quantitative estimate of drug-likeness (QED) is 0.714. The second-order valence-corrected chi connectivity index (χ2v) is 9.10. The molecule has 2 aromatic rings. The molecular formula is C21H27ClN4OS. The van der Waals surface area contributed by atoms with Gasteiger partial charge in [-0.3, -0.25) is 14.6 Å². The number of halogens is 1. The minimum atomic E-state index is -0.0604. The third kappa shape index (κ3) is 4.10. The summed E-state index contributed by atoms with van der Waals surface area (Å²) in [4.78, 5) is 23.9. The van der Waals surface area contributed by atoms with E-state index < -0.39 is 0 Å². The maximum atomic E-state index is 12.3. The Labute approximate surface area is 175 Å². The van der Waals surface area contributed by atoms with Gasteiger partial charge in [0, 0.05) is 36.0 Å². The molecule has 5 nitrogen and oxygen atoms in total. The van der Waals surface area contributed by atoms with Gasteiger partial charge in [0.1, 0.15) is 0 Å². The molecule has 2 aliphatic heterocycles. The number of carbonyl (C=O) groups excluding carboxylic acids is 1. The molecule has 3 heterocycles. The molecule has 2 atom stereocenters. The third-order valence-corrected chi connectivity index (χ3v) is 7.02. The van der Waals surface area contributed by atoms with Crippen LogP contribution in [0.3, 0.4) is 0 Å². The second kappa shape index (κ2) is 8.49. The lowest BCUT2D eigenvalue weighted by Gasteiger charge is -2.32. The minimum absolute atomic E-state index is 0.0604. The van der Waals surface area contributed by atoms with Crippen molar-refractivity contribution in [2.45, 2.75) is 51.2 Å². The first-order valence-corrected chi connectivity index (χ1v) is 11.2. The highest BCUT2D eigenvalue weighted by Gasteiger charge is 2.36. The van der Waals surface area contributed by atoms with E-state index in [2.05, 4.69) is 22.2 Å². The number of amides is 1. The summed E-state index contributed by atoms with van der Waals surface area (Å²) in [5, 5.41) is 3.41. The van der Waals surface area contributed by atoms with E-state index in [1.807, 2.05) is 18.2 Å². The first-order chi connectivity index (χ1) is 13.5. The standard InChI is InChI=1S/C21H27ClN4OS/c1-15(27)26(18-7-3-6-16(22)12-18)21-23-17(14-28-21)13-25-11-5-9-20(25)19-8-4-10-24(19)2/h3,6-7,12,14,19-20H,4-5,8-11,13H2,1-2H3/t19-,20+/m0/s1. The van der Waals surface area contributed by atoms with Crippen LogP contribution in [0.15, 0.2) is 29.6 Å². The van der Waals surface area contributed by atoms with Crippen molar-refractivity contribution in [3.05, 3.63) is 40.4 Å². The Kier molecular flexibility index (Phi) is 6.01. The topological polar surface area (TPSA) is 39.7 Å². The number of likely N-dealkylation sites (tertiary alicyclic amines) is 2. The summed E-state index contributed by atoms with van der Waals surface area (Å²) in [7, 11) is 2.25. The van der Waals surface area contributed by atoms with Gasteiger partial charge in [-0.2, -0.15) is 0 Å². The Morgan fingerprint density at radius 3 is 2.79 bits per heavy atom. The van der Waals surface area contributed by atoms with E-state index in [1.54, 1.807) is 17.9 Å². The summed E-state index contributed by atoms with van der Waals surface area (Å²) in [6.45, 7) is 4.76. The molecule has 1 amide bonds. The number of hydrogen-bond acceptors (Lipinski definition) is 5. The summed E-state index contributed by atoms with van der Waals surface area (Å²) in [5.41, 5.74) is 1.80. The molecule has 7 heteroatoms. The maximum absolute atomic E-state index is 12.3. The van der Waals surface area contributed by atoms with Gasteiger partial charge in [0.25, 0.3) is 0 Å². The lowest BCUT2D eigenvalue weighted by Crippen LogP contribution is -2.44. The van der Waals surface area contributed by atoms with Gasteiger partial charge in [0.05, 0.1) is 11.4 Å². The van der Waals surface area contributed by atoms with Gasteiger partial charge in [0.2, 0.25) is 5.91 Å². The molecule has 0 spiro atoms. The first-order valence-electron chi connectivity index (χ1n) is 9.98. The Hall–Kier alpha value is -1.47. The summed E-state index contributed by atoms with van der Waals surface area (Å²) in [5.74, 6) is -0.0604. The smallest absolute Gasteiger partial charge is 0.230 e. The summed E-state index contributed by atoms with van der Waals surface area (Å²) < 4.78 is 0. The van der Waals surface area contributed by atoms with Crippen LogP contribution in [0.5, 0.6) is 0 Å². The van der Waals surface area contributed by atoms with Crippen LogP contribution in [0.4, 0.5) is 10.8 Å². The molecule has 0 unspecified atom stereocenters. The highest BCUT2D eigenvalue weighted by atomic mass is 35.5. The van der Waals surface area contributed by atoms with Crippen LogP contribution in [-0.2, 0) is 11.3 Å². The Morgan fingerprint density at radius 1 is 1.29 bits per heavy atom. The predicted molar refractivity (Wildman–Crippen MR) is 115 cm³/mol. The molecule has 2 aliphatic rings. The van der Waals surface area contributed by atoms with Gasteiger partial charge in [-0.15, -0.1) is 11.3 Å². The highest BCUT2D eigenvalue weighted by Crippen LogP contribution is 2.33. The van der Waals surface area contributed by atoms with Crippen LogP contribution in [0, 0.1) is 0 Å². The number of thiazole rings is 1. The average Bonchev–Trinajstić information content (AvgIpc) is 3.37. The predicted octanol–water partition coefficient (Wildman–Crippen LogP) is 4.54. The van der Waals surface area contributed by atoms with Gasteiger partial charge in [0.15, 0.2) is 5.13 Å². The molecule has 2 fully saturated rings. The Bertz CT molecular complexity index is 841. The van der Waals surface area contributed by atoms with Crippen LogP contribution in [0.2, 0.25) is 5.02 Å². The fourth-order valence-electron chi connectivity index (χ4n) is 4.63. The molecule has 0 bridgehead atoms. The van der Waals surface area contributed by atoms with Crippen molar-refractivity contribution in [1.29, 1.82) is 0 Å². The summed E-state index contributed by atoms with van der Waals surface area (Å²) in [6.07, 6.45) is 5.13. The van der Waals surface area contributed by atoms with Gasteiger partial charge in [-0.05, 0) is 64.0 Å². The number of aromatic nitrogens is 1. The number of carbonyl (C=O) groups is 1. The van der Waals surface area contributed by atoms with Crippen LogP contribution in [0.25, 0.3) is 0 Å². The monoisotopic (exact) mass is 418 g/mol. The van der Waals surface area contributed by atoms with Crippen molar-refractivity contribution in [3.63, 3.8) is 0 Å². The van der Waals surface area contributed by atoms with E-state index in [4.69, 9.17) is 16.6 Å². The maximum Gasteiger partial charge on any atom is 0.230 e. The Morgan fingerprint density at radius 2 is 2.07 bits per heavy atom. The SMILES string of the molecule is CC(=O)N(c1cccc(Cl)c1)c1nc(CN2CCC[C@@H]2[C@@H]2CCCN2C)cs1. The first kappa shape index (κ1) is 19.8. The van der Waals surface area contributed by atoms with Crippen molar-refractivity contribution in [3.8, 4) is 0 Å². The average molecular weight is 419 g/mol. The molecule has 2 saturated heterocycles. The van der Waals surface area contributed by atoms with Crippen molar-refractivity contribution < 1.29 is 4.79 Å². The number of benzene rings is 1. The van der Waals surface area contributed by atoms with Crippen molar-refractivity contribution in [1.82, 2.24) is 14.8 Å². The van der Waals surface area contributed by atoms with E-state index in [9.17, 15) is 4.79 Å². The summed E-state index contributed by atoms with van der Waals surface area (Å²) in [6, 6.07) is 8.64. The Balaban J connectivity index is 1.51. The van der Waals surface area contributed by atoms with Gasteiger partial charge < -0.3 is 4.90 Å². The molecule has 4 rings (SSSR count). The molecule has 0 saturated carbocycles. The number of rotatable bonds is 5. The van der Waals surface area contributed by atoms with Gasteiger partial charge in [-0.1, -0.05) is 17.7 Å². The molecule has 0 N–H and O–H groups in total. The fourth-order valence-corrected chi connectivity index (χ4v) is 5.69. The largest absolute Gasteiger partial charge is 0.302 e. The lowest BCUT2D eigenvalue weighted by molar-refractivity contribution is -0.115. The molecule has 1 aromatic heterocycles. The van der Waals surface area contributed by atoms with E-state index in [1.165, 1.54) is 43.6 Å². The normalized spacial score (nSPS) is 23.4. The highest BCUT2D eigenvalue weighted by molar-refractivity contribution is 7.14. The van der Waals surface area contributed by atoms with Crippen molar-refractivity contribution in [2.75, 3.05) is 25.0 Å². The fraction of sp³-hybridized carbons (Fsp3) is 0.524. The lowest BCUT2D eigenvalue weighted by atomic mass is 10.0. The number of hydrogen-bond donors (Lipinski definition) is 0. The molecule has 150 valence electrons. The number of nitrogens with zero attached hydrogens (tertiary/aromatic N) is 4. The zero-order chi connectivity index (χ0) is 19.7. The molecule has 0 radical (unpaired) electrons. The van der Waals surface area contributed by atoms with Crippen molar-refractivity contribution in [2.24, 2.45) is 0 Å². The van der Waals surface area contributed by atoms with Crippen LogP contribution >= 0.6 is 22.9 Å². The molecular weight excluding hydrogens is 392 g/mol.